The third-order valence-electron chi connectivity index (χ3n) is 4.71. The molecule has 3 heterocycles. The fourth-order valence-corrected chi connectivity index (χ4v) is 4.70. The first kappa shape index (κ1) is 18.2. The highest BCUT2D eigenvalue weighted by Crippen LogP contribution is 2.40. The first-order chi connectivity index (χ1) is 13.6. The Bertz CT molecular complexity index is 962. The Labute approximate surface area is 165 Å². The number of nitrogens with one attached hydrogen (secondary N) is 1. The summed E-state index contributed by atoms with van der Waals surface area (Å²) in [4.78, 5) is 38.0. The Morgan fingerprint density at radius 3 is 2.50 bits per heavy atom. The number of carbonyl (C=O) groups excluding carboxylic acids is 3. The minimum absolute atomic E-state index is 0.0877. The summed E-state index contributed by atoms with van der Waals surface area (Å²) in [6.07, 6.45) is 3.66. The molecule has 142 valence electrons. The summed E-state index contributed by atoms with van der Waals surface area (Å²) in [5.41, 5.74) is 0.973. The largest absolute Gasteiger partial charge is 0.543 e. The average molecular weight is 395 g/mol. The third kappa shape index (κ3) is 3.27. The second-order valence-corrected chi connectivity index (χ2v) is 7.62. The lowest BCUT2D eigenvalue weighted by atomic mass is 10.0. The monoisotopic (exact) mass is 395 g/mol. The summed E-state index contributed by atoms with van der Waals surface area (Å²) < 4.78 is 1.85. The van der Waals surface area contributed by atoms with Gasteiger partial charge in [0.2, 0.25) is 0 Å². The summed E-state index contributed by atoms with van der Waals surface area (Å²) >= 11 is 1.44. The number of aliphatic carboxylic acids is 1. The van der Waals surface area contributed by atoms with Gasteiger partial charge in [0, 0.05) is 29.0 Å². The molecule has 0 radical (unpaired) electrons. The maximum Gasteiger partial charge on any atom is 0.253 e. The van der Waals surface area contributed by atoms with Crippen LogP contribution in [0.15, 0.2) is 72.2 Å². The predicted molar refractivity (Wildman–Crippen MR) is 99.5 cm³/mol. The van der Waals surface area contributed by atoms with Gasteiger partial charge in [-0.2, -0.15) is 0 Å². The van der Waals surface area contributed by atoms with Gasteiger partial charge in [0.25, 0.3) is 11.8 Å². The summed E-state index contributed by atoms with van der Waals surface area (Å²) in [7, 11) is 0. The van der Waals surface area contributed by atoms with E-state index < -0.39 is 23.3 Å². The van der Waals surface area contributed by atoms with Gasteiger partial charge in [0.15, 0.2) is 18.9 Å². The number of hydrogen-bond donors (Lipinski definition) is 1. The Balaban J connectivity index is 1.54. The molecule has 4 rings (SSSR count). The molecule has 1 N–H and O–H groups in total. The topological polar surface area (TPSA) is 93.4 Å². The number of aromatic nitrogens is 1. The zero-order chi connectivity index (χ0) is 19.7. The Hall–Kier alpha value is -3.13. The number of rotatable bonds is 5. The van der Waals surface area contributed by atoms with E-state index in [2.05, 4.69) is 5.32 Å². The minimum atomic E-state index is -1.38. The fourth-order valence-electron chi connectivity index (χ4n) is 3.37. The number of carboxylic acids is 1. The quantitative estimate of drug-likeness (QED) is 0.554. The predicted octanol–water partition coefficient (Wildman–Crippen LogP) is -0.308. The minimum Gasteiger partial charge on any atom is -0.543 e. The van der Waals surface area contributed by atoms with Crippen molar-refractivity contribution < 1.29 is 24.1 Å². The molecule has 28 heavy (non-hydrogen) atoms. The van der Waals surface area contributed by atoms with Crippen LogP contribution in [0, 0.1) is 0 Å². The van der Waals surface area contributed by atoms with Crippen molar-refractivity contribution in [3.63, 3.8) is 0 Å². The Kier molecular flexibility index (Phi) is 4.87. The molecule has 0 saturated carbocycles. The van der Waals surface area contributed by atoms with Crippen molar-refractivity contribution in [2.45, 2.75) is 18.0 Å². The van der Waals surface area contributed by atoms with E-state index in [0.717, 1.165) is 0 Å². The highest BCUT2D eigenvalue weighted by Gasteiger charge is 2.53. The van der Waals surface area contributed by atoms with Crippen LogP contribution in [0.4, 0.5) is 0 Å². The molecule has 1 aromatic carbocycles. The SMILES string of the molecule is O=C([O-])C1=C(C[n+]2ccccc2)CS[C@@H]2C(NC(=O)c3ccccc3)C(=O)N12. The number of hydrogen-bond acceptors (Lipinski definition) is 5. The molecule has 2 aliphatic rings. The van der Waals surface area contributed by atoms with Crippen molar-refractivity contribution in [3.8, 4) is 0 Å². The number of β-lactam (4-membered cyclic amide) rings is 1. The summed E-state index contributed by atoms with van der Waals surface area (Å²) in [6, 6.07) is 13.4. The molecular weight excluding hydrogens is 378 g/mol. The number of nitrogens with zero attached hydrogens (tertiary/aromatic N) is 2. The number of amides is 2. The van der Waals surface area contributed by atoms with Gasteiger partial charge in [-0.05, 0) is 12.1 Å². The summed E-state index contributed by atoms with van der Waals surface area (Å²) in [5, 5.41) is 14.0. The van der Waals surface area contributed by atoms with Crippen molar-refractivity contribution in [2.75, 3.05) is 5.75 Å². The number of fused-ring (bicyclic) bond motifs is 1. The molecule has 2 aliphatic heterocycles. The van der Waals surface area contributed by atoms with Gasteiger partial charge < -0.3 is 15.2 Å². The molecule has 2 atom stereocenters. The van der Waals surface area contributed by atoms with Crippen LogP contribution in [0.25, 0.3) is 0 Å². The molecule has 2 amide bonds. The molecule has 8 heteroatoms. The van der Waals surface area contributed by atoms with Gasteiger partial charge >= 0.3 is 0 Å². The van der Waals surface area contributed by atoms with Crippen molar-refractivity contribution in [1.29, 1.82) is 0 Å². The highest BCUT2D eigenvalue weighted by molar-refractivity contribution is 8.00. The first-order valence-electron chi connectivity index (χ1n) is 8.74. The van der Waals surface area contributed by atoms with E-state index in [1.807, 2.05) is 35.2 Å². The maximum absolute atomic E-state index is 12.6. The zero-order valence-corrected chi connectivity index (χ0v) is 15.6. The summed E-state index contributed by atoms with van der Waals surface area (Å²) in [5.74, 6) is -1.73. The smallest absolute Gasteiger partial charge is 0.253 e. The van der Waals surface area contributed by atoms with Gasteiger partial charge in [0.05, 0.1) is 11.7 Å². The number of carbonyl (C=O) groups is 3. The average Bonchev–Trinajstić information content (AvgIpc) is 2.72. The molecule has 0 bridgehead atoms. The van der Waals surface area contributed by atoms with E-state index >= 15 is 0 Å². The standard InChI is InChI=1S/C20H17N3O4S/c24-17(13-7-3-1-4-8-13)21-15-18(25)23-16(20(26)27)14(12-28-19(15)23)11-22-9-5-2-6-10-22/h1-10,15,19H,11-12H2,(H-,21,24,26,27)/t15?,19-/m1/s1. The van der Waals surface area contributed by atoms with E-state index in [4.69, 9.17) is 0 Å². The number of pyridine rings is 1. The fraction of sp³-hybridized carbons (Fsp3) is 0.200. The van der Waals surface area contributed by atoms with Crippen molar-refractivity contribution in [3.05, 3.63) is 77.8 Å². The number of carboxylic acid groups (broad SMARTS) is 1. The lowest BCUT2D eigenvalue weighted by molar-refractivity contribution is -0.689. The first-order valence-corrected chi connectivity index (χ1v) is 9.79. The number of benzene rings is 1. The lowest BCUT2D eigenvalue weighted by Gasteiger charge is -2.50. The second-order valence-electron chi connectivity index (χ2n) is 6.51. The van der Waals surface area contributed by atoms with E-state index in [-0.39, 0.29) is 11.6 Å². The molecule has 0 aliphatic carbocycles. The van der Waals surface area contributed by atoms with Crippen molar-refractivity contribution in [2.24, 2.45) is 0 Å². The summed E-state index contributed by atoms with van der Waals surface area (Å²) in [6.45, 7) is 0.356. The molecule has 1 unspecified atom stereocenters. The molecular formula is C20H17N3O4S. The molecule has 1 aromatic heterocycles. The highest BCUT2D eigenvalue weighted by atomic mass is 32.2. The molecule has 0 spiro atoms. The zero-order valence-electron chi connectivity index (χ0n) is 14.8. The van der Waals surface area contributed by atoms with Crippen LogP contribution in [0.1, 0.15) is 10.4 Å². The van der Waals surface area contributed by atoms with Crippen LogP contribution in [0.5, 0.6) is 0 Å². The lowest BCUT2D eigenvalue weighted by Crippen LogP contribution is -2.71. The van der Waals surface area contributed by atoms with Crippen LogP contribution >= 0.6 is 11.8 Å². The molecule has 1 saturated heterocycles. The van der Waals surface area contributed by atoms with Crippen LogP contribution in [0.2, 0.25) is 0 Å². The van der Waals surface area contributed by atoms with Crippen LogP contribution in [0.3, 0.4) is 0 Å². The van der Waals surface area contributed by atoms with Gasteiger partial charge in [-0.25, -0.2) is 4.57 Å². The van der Waals surface area contributed by atoms with Crippen LogP contribution in [-0.2, 0) is 16.1 Å². The van der Waals surface area contributed by atoms with Gasteiger partial charge in [-0.1, -0.05) is 24.3 Å². The van der Waals surface area contributed by atoms with E-state index in [1.54, 1.807) is 30.3 Å². The Morgan fingerprint density at radius 2 is 1.82 bits per heavy atom. The maximum atomic E-state index is 12.6. The number of thioether (sulfide) groups is 1. The second kappa shape index (κ2) is 7.47. The molecule has 7 nitrogen and oxygen atoms in total. The van der Waals surface area contributed by atoms with E-state index in [0.29, 0.717) is 23.4 Å². The van der Waals surface area contributed by atoms with Gasteiger partial charge in [-0.3, -0.25) is 14.5 Å². The van der Waals surface area contributed by atoms with Crippen molar-refractivity contribution in [1.82, 2.24) is 10.2 Å². The van der Waals surface area contributed by atoms with Crippen LogP contribution < -0.4 is 15.0 Å². The van der Waals surface area contributed by atoms with E-state index in [9.17, 15) is 19.5 Å². The van der Waals surface area contributed by atoms with Crippen molar-refractivity contribution >= 4 is 29.5 Å². The third-order valence-corrected chi connectivity index (χ3v) is 6.05. The van der Waals surface area contributed by atoms with Gasteiger partial charge in [-0.15, -0.1) is 11.8 Å². The molecule has 2 aromatic rings. The molecule has 1 fully saturated rings. The van der Waals surface area contributed by atoms with Crippen LogP contribution in [-0.4, -0.2) is 39.9 Å². The van der Waals surface area contributed by atoms with Gasteiger partial charge in [0.1, 0.15) is 11.4 Å². The Morgan fingerprint density at radius 1 is 1.14 bits per heavy atom. The normalized spacial score (nSPS) is 21.0. The van der Waals surface area contributed by atoms with E-state index in [1.165, 1.54) is 16.7 Å².